The maximum Gasteiger partial charge on any atom is 0.323 e. The van der Waals surface area contributed by atoms with Gasteiger partial charge in [0.2, 0.25) is 10.0 Å². The molecule has 3 rings (SSSR count). The van der Waals surface area contributed by atoms with Gasteiger partial charge in [0.15, 0.2) is 0 Å². The molecule has 23 heavy (non-hydrogen) atoms. The van der Waals surface area contributed by atoms with Gasteiger partial charge in [-0.3, -0.25) is 0 Å². The topological polar surface area (TPSA) is 121 Å². The van der Waals surface area contributed by atoms with Gasteiger partial charge >= 0.3 is 5.69 Å². The van der Waals surface area contributed by atoms with Crippen LogP contribution in [0.25, 0.3) is 11.0 Å². The molecule has 2 aromatic heterocycles. The molecule has 0 bridgehead atoms. The maximum atomic E-state index is 12.3. The highest BCUT2D eigenvalue weighted by molar-refractivity contribution is 7.89. The third-order valence-corrected chi connectivity index (χ3v) is 5.10. The first-order valence-corrected chi connectivity index (χ1v) is 8.48. The Balaban J connectivity index is 1.76. The van der Waals surface area contributed by atoms with E-state index in [1.165, 1.54) is 12.1 Å². The molecule has 0 atom stereocenters. The van der Waals surface area contributed by atoms with Gasteiger partial charge in [-0.05, 0) is 38.5 Å². The second-order valence-corrected chi connectivity index (χ2v) is 7.00. The molecule has 0 aliphatic carbocycles. The number of aromatic nitrogens is 3. The second kappa shape index (κ2) is 5.67. The number of nitrogens with one attached hydrogen (secondary N) is 3. The summed E-state index contributed by atoms with van der Waals surface area (Å²) in [5.41, 5.74) is 2.29. The summed E-state index contributed by atoms with van der Waals surface area (Å²) in [5.74, 6) is 0.688. The molecule has 0 aliphatic heterocycles. The number of benzene rings is 1. The van der Waals surface area contributed by atoms with E-state index in [4.69, 9.17) is 4.52 Å². The molecule has 0 aliphatic rings. The van der Waals surface area contributed by atoms with Gasteiger partial charge < -0.3 is 14.5 Å². The predicted octanol–water partition coefficient (Wildman–Crippen LogP) is 0.982. The second-order valence-electron chi connectivity index (χ2n) is 5.24. The minimum absolute atomic E-state index is 0.0963. The Morgan fingerprint density at radius 1 is 1.22 bits per heavy atom. The molecule has 2 heterocycles. The molecule has 0 spiro atoms. The van der Waals surface area contributed by atoms with Crippen LogP contribution in [0.4, 0.5) is 0 Å². The van der Waals surface area contributed by atoms with Crippen molar-refractivity contribution in [2.24, 2.45) is 0 Å². The monoisotopic (exact) mass is 336 g/mol. The first kappa shape index (κ1) is 15.5. The fraction of sp³-hybridized carbons (Fsp3) is 0.286. The van der Waals surface area contributed by atoms with E-state index < -0.39 is 10.0 Å². The van der Waals surface area contributed by atoms with Gasteiger partial charge in [0.1, 0.15) is 5.76 Å². The first-order chi connectivity index (χ1) is 10.9. The SMILES string of the molecule is Cc1noc(C)c1CCNS(=O)(=O)c1ccc2[nH]c(=O)[nH]c2c1. The molecule has 0 saturated heterocycles. The fourth-order valence-corrected chi connectivity index (χ4v) is 3.49. The van der Waals surface area contributed by atoms with Gasteiger partial charge in [-0.1, -0.05) is 5.16 Å². The molecule has 122 valence electrons. The average molecular weight is 336 g/mol. The lowest BCUT2D eigenvalue weighted by Crippen LogP contribution is -2.26. The third-order valence-electron chi connectivity index (χ3n) is 3.65. The number of sulfonamides is 1. The average Bonchev–Trinajstić information content (AvgIpc) is 3.01. The van der Waals surface area contributed by atoms with E-state index in [1.54, 1.807) is 13.0 Å². The van der Waals surface area contributed by atoms with Crippen molar-refractivity contribution in [3.63, 3.8) is 0 Å². The van der Waals surface area contributed by atoms with Crippen LogP contribution in [0.1, 0.15) is 17.0 Å². The maximum absolute atomic E-state index is 12.3. The van der Waals surface area contributed by atoms with Crippen molar-refractivity contribution in [1.82, 2.24) is 19.8 Å². The largest absolute Gasteiger partial charge is 0.361 e. The van der Waals surface area contributed by atoms with Crippen LogP contribution in [0.3, 0.4) is 0 Å². The lowest BCUT2D eigenvalue weighted by Gasteiger charge is -2.06. The van der Waals surface area contributed by atoms with Crippen LogP contribution < -0.4 is 10.4 Å². The number of H-pyrrole nitrogens is 2. The van der Waals surface area contributed by atoms with Crippen molar-refractivity contribution in [3.05, 3.63) is 45.7 Å². The van der Waals surface area contributed by atoms with E-state index in [9.17, 15) is 13.2 Å². The number of aromatic amines is 2. The summed E-state index contributed by atoms with van der Waals surface area (Å²) < 4.78 is 32.2. The smallest absolute Gasteiger partial charge is 0.323 e. The van der Waals surface area contributed by atoms with Gasteiger partial charge in [-0.15, -0.1) is 0 Å². The van der Waals surface area contributed by atoms with Crippen molar-refractivity contribution in [2.75, 3.05) is 6.54 Å². The Morgan fingerprint density at radius 3 is 2.65 bits per heavy atom. The van der Waals surface area contributed by atoms with E-state index in [0.29, 0.717) is 23.2 Å². The molecule has 0 saturated carbocycles. The minimum atomic E-state index is -3.66. The highest BCUT2D eigenvalue weighted by Crippen LogP contribution is 2.16. The summed E-state index contributed by atoms with van der Waals surface area (Å²) in [6.07, 6.45) is 0.490. The lowest BCUT2D eigenvalue weighted by molar-refractivity contribution is 0.392. The fourth-order valence-electron chi connectivity index (χ4n) is 2.43. The lowest BCUT2D eigenvalue weighted by atomic mass is 10.1. The molecule has 1 aromatic carbocycles. The normalized spacial score (nSPS) is 12.1. The molecule has 0 amide bonds. The van der Waals surface area contributed by atoms with Crippen LogP contribution in [-0.2, 0) is 16.4 Å². The summed E-state index contributed by atoms with van der Waals surface area (Å²) in [7, 11) is -3.66. The van der Waals surface area contributed by atoms with E-state index in [-0.39, 0.29) is 17.1 Å². The molecule has 0 radical (unpaired) electrons. The van der Waals surface area contributed by atoms with Gasteiger partial charge in [0.05, 0.1) is 21.6 Å². The summed E-state index contributed by atoms with van der Waals surface area (Å²) in [5, 5.41) is 3.84. The van der Waals surface area contributed by atoms with Crippen molar-refractivity contribution >= 4 is 21.1 Å². The Morgan fingerprint density at radius 2 is 1.96 bits per heavy atom. The number of aryl methyl sites for hydroxylation is 2. The number of fused-ring (bicyclic) bond motifs is 1. The minimum Gasteiger partial charge on any atom is -0.361 e. The first-order valence-electron chi connectivity index (χ1n) is 7.00. The molecule has 9 heteroatoms. The zero-order valence-electron chi connectivity index (χ0n) is 12.6. The van der Waals surface area contributed by atoms with Crippen molar-refractivity contribution in [1.29, 1.82) is 0 Å². The highest BCUT2D eigenvalue weighted by Gasteiger charge is 2.16. The van der Waals surface area contributed by atoms with E-state index in [0.717, 1.165) is 11.3 Å². The molecular weight excluding hydrogens is 320 g/mol. The number of rotatable bonds is 5. The van der Waals surface area contributed by atoms with Crippen LogP contribution >= 0.6 is 0 Å². The van der Waals surface area contributed by atoms with Crippen molar-refractivity contribution < 1.29 is 12.9 Å². The van der Waals surface area contributed by atoms with Gasteiger partial charge in [0.25, 0.3) is 0 Å². The summed E-state index contributed by atoms with van der Waals surface area (Å²) in [6, 6.07) is 4.42. The van der Waals surface area contributed by atoms with Crippen LogP contribution in [0.2, 0.25) is 0 Å². The molecule has 8 nitrogen and oxygen atoms in total. The quantitative estimate of drug-likeness (QED) is 0.641. The zero-order valence-corrected chi connectivity index (χ0v) is 13.5. The Hall–Kier alpha value is -2.39. The Bertz CT molecular complexity index is 993. The predicted molar refractivity (Wildman–Crippen MR) is 83.8 cm³/mol. The molecule has 0 unspecified atom stereocenters. The van der Waals surface area contributed by atoms with Crippen LogP contribution in [0, 0.1) is 13.8 Å². The van der Waals surface area contributed by atoms with E-state index in [2.05, 4.69) is 19.8 Å². The molecule has 3 N–H and O–H groups in total. The number of imidazole rings is 1. The highest BCUT2D eigenvalue weighted by atomic mass is 32.2. The van der Waals surface area contributed by atoms with Crippen molar-refractivity contribution in [3.8, 4) is 0 Å². The summed E-state index contributed by atoms with van der Waals surface area (Å²) in [6.45, 7) is 3.84. The van der Waals surface area contributed by atoms with Crippen LogP contribution in [-0.4, -0.2) is 30.1 Å². The van der Waals surface area contributed by atoms with Crippen molar-refractivity contribution in [2.45, 2.75) is 25.2 Å². The summed E-state index contributed by atoms with van der Waals surface area (Å²) >= 11 is 0. The Labute approximate surface area is 131 Å². The van der Waals surface area contributed by atoms with Crippen LogP contribution in [0.15, 0.2) is 32.4 Å². The van der Waals surface area contributed by atoms with E-state index >= 15 is 0 Å². The standard InChI is InChI=1S/C14H16N4O4S/c1-8-11(9(2)22-18-8)5-6-15-23(20,21)10-3-4-12-13(7-10)17-14(19)16-12/h3-4,7,15H,5-6H2,1-2H3,(H2,16,17,19). The summed E-state index contributed by atoms with van der Waals surface area (Å²) in [4.78, 5) is 16.4. The van der Waals surface area contributed by atoms with Crippen LogP contribution in [0.5, 0.6) is 0 Å². The molecule has 0 fully saturated rings. The molecule has 3 aromatic rings. The van der Waals surface area contributed by atoms with Gasteiger partial charge in [0, 0.05) is 12.1 Å². The van der Waals surface area contributed by atoms with Gasteiger partial charge in [-0.2, -0.15) is 0 Å². The Kier molecular flexibility index (Phi) is 3.82. The third kappa shape index (κ3) is 3.06. The van der Waals surface area contributed by atoms with E-state index in [1.807, 2.05) is 6.92 Å². The molecular formula is C14H16N4O4S. The number of hydrogen-bond acceptors (Lipinski definition) is 5. The number of nitrogens with zero attached hydrogens (tertiary/aromatic N) is 1. The van der Waals surface area contributed by atoms with Gasteiger partial charge in [-0.25, -0.2) is 17.9 Å². The zero-order chi connectivity index (χ0) is 16.6. The number of hydrogen-bond donors (Lipinski definition) is 3.